The monoisotopic (exact) mass is 484 g/mol. The molecule has 1 aliphatic rings. The third-order valence-electron chi connectivity index (χ3n) is 5.13. The van der Waals surface area contributed by atoms with Crippen LogP contribution in [0.5, 0.6) is 0 Å². The number of thiophene rings is 1. The van der Waals surface area contributed by atoms with Crippen LogP contribution in [0.1, 0.15) is 40.1 Å². The van der Waals surface area contributed by atoms with Crippen LogP contribution in [-0.2, 0) is 26.1 Å². The molecule has 3 rings (SSSR count). The van der Waals surface area contributed by atoms with E-state index in [1.165, 1.54) is 32.7 Å². The van der Waals surface area contributed by atoms with Crippen LogP contribution in [-0.4, -0.2) is 56.2 Å². The summed E-state index contributed by atoms with van der Waals surface area (Å²) < 4.78 is 33.3. The molecule has 0 bridgehead atoms. The molecule has 0 saturated carbocycles. The van der Waals surface area contributed by atoms with Crippen LogP contribution in [0.3, 0.4) is 0 Å². The predicted molar refractivity (Wildman–Crippen MR) is 120 cm³/mol. The first-order valence-electron chi connectivity index (χ1n) is 9.94. The van der Waals surface area contributed by atoms with E-state index >= 15 is 0 Å². The lowest BCUT2D eigenvalue weighted by Gasteiger charge is -2.26. The molecule has 31 heavy (non-hydrogen) atoms. The van der Waals surface area contributed by atoms with Crippen LogP contribution in [0.15, 0.2) is 35.2 Å². The second-order valence-corrected chi connectivity index (χ2v) is 11.2. The van der Waals surface area contributed by atoms with Crippen molar-refractivity contribution >= 4 is 44.8 Å². The first-order valence-corrected chi connectivity index (χ1v) is 12.6. The summed E-state index contributed by atoms with van der Waals surface area (Å²) in [5.41, 5.74) is 0.661. The van der Waals surface area contributed by atoms with Gasteiger partial charge in [0, 0.05) is 25.0 Å². The summed E-state index contributed by atoms with van der Waals surface area (Å²) in [6.45, 7) is 2.58. The second-order valence-electron chi connectivity index (χ2n) is 7.48. The Bertz CT molecular complexity index is 1060. The summed E-state index contributed by atoms with van der Waals surface area (Å²) >= 11 is 7.27. The molecule has 7 nitrogen and oxygen atoms in total. The number of rotatable bonds is 7. The molecule has 1 saturated heterocycles. The Morgan fingerprint density at radius 2 is 1.87 bits per heavy atom. The van der Waals surface area contributed by atoms with Gasteiger partial charge in [0.2, 0.25) is 10.0 Å². The molecule has 0 aliphatic carbocycles. The van der Waals surface area contributed by atoms with Crippen LogP contribution < -0.4 is 0 Å². The third kappa shape index (κ3) is 5.85. The van der Waals surface area contributed by atoms with Gasteiger partial charge in [0.05, 0.1) is 21.3 Å². The summed E-state index contributed by atoms with van der Waals surface area (Å²) in [5, 5.41) is 0. The number of nitrogens with zero attached hydrogens (tertiary/aromatic N) is 2. The molecule has 0 unspecified atom stereocenters. The van der Waals surface area contributed by atoms with Crippen molar-refractivity contribution in [2.45, 2.75) is 37.6 Å². The second kappa shape index (κ2) is 10.1. The van der Waals surface area contributed by atoms with E-state index in [0.29, 0.717) is 29.5 Å². The van der Waals surface area contributed by atoms with E-state index in [2.05, 4.69) is 0 Å². The van der Waals surface area contributed by atoms with Gasteiger partial charge in [-0.3, -0.25) is 4.79 Å². The van der Waals surface area contributed by atoms with E-state index < -0.39 is 22.6 Å². The highest BCUT2D eigenvalue weighted by Gasteiger charge is 2.28. The molecule has 0 N–H and O–H groups in total. The molecule has 0 atom stereocenters. The number of halogens is 1. The molecule has 1 aliphatic heterocycles. The normalized spacial score (nSPS) is 14.9. The maximum Gasteiger partial charge on any atom is 0.338 e. The molecule has 168 valence electrons. The molecular weight excluding hydrogens is 460 g/mol. The van der Waals surface area contributed by atoms with E-state index in [4.69, 9.17) is 16.3 Å². The van der Waals surface area contributed by atoms with E-state index in [0.717, 1.165) is 24.1 Å². The van der Waals surface area contributed by atoms with Crippen LogP contribution in [0.2, 0.25) is 4.34 Å². The average molecular weight is 485 g/mol. The summed E-state index contributed by atoms with van der Waals surface area (Å²) in [7, 11) is -2.08. The van der Waals surface area contributed by atoms with E-state index in [-0.39, 0.29) is 16.4 Å². The molecular formula is C21H25ClN2O5S2. The van der Waals surface area contributed by atoms with E-state index in [1.807, 2.05) is 6.07 Å². The minimum absolute atomic E-state index is 0.0988. The van der Waals surface area contributed by atoms with Gasteiger partial charge in [-0.2, -0.15) is 4.31 Å². The van der Waals surface area contributed by atoms with Crippen molar-refractivity contribution in [3.63, 3.8) is 0 Å². The van der Waals surface area contributed by atoms with Crippen molar-refractivity contribution < 1.29 is 22.7 Å². The Kier molecular flexibility index (Phi) is 7.74. The predicted octanol–water partition coefficient (Wildman–Crippen LogP) is 3.70. The van der Waals surface area contributed by atoms with Gasteiger partial charge in [0.15, 0.2) is 6.61 Å². The van der Waals surface area contributed by atoms with E-state index in [9.17, 15) is 18.0 Å². The number of aryl methyl sites for hydroxylation is 1. The minimum Gasteiger partial charge on any atom is -0.452 e. The summed E-state index contributed by atoms with van der Waals surface area (Å²) in [6.07, 6.45) is 2.67. The Balaban J connectivity index is 1.65. The number of amides is 1. The fourth-order valence-corrected chi connectivity index (χ4v) is 6.24. The standard InChI is InChI=1S/C21H25ClN2O5S2/c1-15-6-7-16(12-18(15)31(27,28)24-10-4-3-5-11-24)21(26)29-14-20(25)23(2)13-17-8-9-19(22)30-17/h6-9,12H,3-5,10-11,13-14H2,1-2H3. The molecule has 0 radical (unpaired) electrons. The number of piperidine rings is 1. The van der Waals surface area contributed by atoms with Gasteiger partial charge in [-0.1, -0.05) is 24.1 Å². The van der Waals surface area contributed by atoms with Crippen molar-refractivity contribution in [2.24, 2.45) is 0 Å². The van der Waals surface area contributed by atoms with Crippen LogP contribution in [0.25, 0.3) is 0 Å². The first kappa shape index (κ1) is 23.7. The molecule has 1 fully saturated rings. The van der Waals surface area contributed by atoms with Crippen LogP contribution in [0, 0.1) is 6.92 Å². The molecule has 2 aromatic rings. The lowest BCUT2D eigenvalue weighted by atomic mass is 10.1. The van der Waals surface area contributed by atoms with Crippen molar-refractivity contribution in [1.29, 1.82) is 0 Å². The molecule has 2 heterocycles. The van der Waals surface area contributed by atoms with Gasteiger partial charge in [-0.15, -0.1) is 11.3 Å². The third-order valence-corrected chi connectivity index (χ3v) is 8.39. The van der Waals surface area contributed by atoms with Gasteiger partial charge in [-0.05, 0) is 49.6 Å². The number of hydrogen-bond donors (Lipinski definition) is 0. The van der Waals surface area contributed by atoms with Gasteiger partial charge >= 0.3 is 5.97 Å². The zero-order valence-corrected chi connectivity index (χ0v) is 19.9. The Morgan fingerprint density at radius 1 is 1.16 bits per heavy atom. The zero-order chi connectivity index (χ0) is 22.6. The lowest BCUT2D eigenvalue weighted by Crippen LogP contribution is -2.36. The number of ether oxygens (including phenoxy) is 1. The van der Waals surface area contributed by atoms with Crippen molar-refractivity contribution in [1.82, 2.24) is 9.21 Å². The van der Waals surface area contributed by atoms with Gasteiger partial charge in [0.25, 0.3) is 5.91 Å². The minimum atomic E-state index is -3.69. The topological polar surface area (TPSA) is 84.0 Å². The highest BCUT2D eigenvalue weighted by atomic mass is 35.5. The van der Waals surface area contributed by atoms with Crippen LogP contribution in [0.4, 0.5) is 0 Å². The SMILES string of the molecule is Cc1ccc(C(=O)OCC(=O)N(C)Cc2ccc(Cl)s2)cc1S(=O)(=O)N1CCCCC1. The van der Waals surface area contributed by atoms with Crippen molar-refractivity contribution in [3.05, 3.63) is 50.7 Å². The number of likely N-dealkylation sites (N-methyl/N-ethyl adjacent to an activating group) is 1. The first-order chi connectivity index (χ1) is 14.7. The number of carbonyl (C=O) groups is 2. The number of sulfonamides is 1. The molecule has 1 aromatic heterocycles. The Labute approximate surface area is 191 Å². The summed E-state index contributed by atoms with van der Waals surface area (Å²) in [6, 6.07) is 8.02. The summed E-state index contributed by atoms with van der Waals surface area (Å²) in [5.74, 6) is -1.11. The Morgan fingerprint density at radius 3 is 2.52 bits per heavy atom. The van der Waals surface area contributed by atoms with Gasteiger partial charge in [-0.25, -0.2) is 13.2 Å². The quantitative estimate of drug-likeness (QED) is 0.559. The number of carbonyl (C=O) groups excluding carboxylic acids is 2. The maximum absolute atomic E-state index is 13.0. The number of hydrogen-bond acceptors (Lipinski definition) is 6. The fraction of sp³-hybridized carbons (Fsp3) is 0.429. The van der Waals surface area contributed by atoms with E-state index in [1.54, 1.807) is 26.1 Å². The van der Waals surface area contributed by atoms with Crippen molar-refractivity contribution in [2.75, 3.05) is 26.7 Å². The summed E-state index contributed by atoms with van der Waals surface area (Å²) in [4.78, 5) is 27.2. The smallest absolute Gasteiger partial charge is 0.338 e. The average Bonchev–Trinajstić information content (AvgIpc) is 3.17. The molecule has 1 aromatic carbocycles. The zero-order valence-electron chi connectivity index (χ0n) is 17.5. The van der Waals surface area contributed by atoms with Crippen molar-refractivity contribution in [3.8, 4) is 0 Å². The van der Waals surface area contributed by atoms with Gasteiger partial charge in [0.1, 0.15) is 0 Å². The fourth-order valence-electron chi connectivity index (χ4n) is 3.33. The molecule has 10 heteroatoms. The van der Waals surface area contributed by atoms with Crippen LogP contribution >= 0.6 is 22.9 Å². The maximum atomic E-state index is 13.0. The van der Waals surface area contributed by atoms with Gasteiger partial charge < -0.3 is 9.64 Å². The largest absolute Gasteiger partial charge is 0.452 e. The highest BCUT2D eigenvalue weighted by Crippen LogP contribution is 2.25. The number of benzene rings is 1. The molecule has 0 spiro atoms. The Hall–Kier alpha value is -1.94. The lowest BCUT2D eigenvalue weighted by molar-refractivity contribution is -0.133. The molecule has 1 amide bonds. The highest BCUT2D eigenvalue weighted by molar-refractivity contribution is 7.89. The number of esters is 1.